The van der Waals surface area contributed by atoms with E-state index in [0.717, 1.165) is 39.0 Å². The monoisotopic (exact) mass is 391 g/mol. The average Bonchev–Trinajstić information content (AvgIpc) is 3.13. The molecule has 0 bridgehead atoms. The van der Waals surface area contributed by atoms with E-state index in [1.54, 1.807) is 0 Å². The fourth-order valence-corrected chi connectivity index (χ4v) is 3.99. The molecule has 0 saturated heterocycles. The van der Waals surface area contributed by atoms with Crippen LogP contribution in [-0.4, -0.2) is 0 Å². The molecule has 0 aliphatic rings. The van der Waals surface area contributed by atoms with Gasteiger partial charge in [0.25, 0.3) is 0 Å². The zero-order chi connectivity index (χ0) is 20.7. The summed E-state index contributed by atoms with van der Waals surface area (Å²) in [4.78, 5) is 2.30. The first-order valence-electron chi connectivity index (χ1n) is 10.4. The molecule has 0 saturated carbocycles. The van der Waals surface area contributed by atoms with Gasteiger partial charge in [0.05, 0.1) is 0 Å². The van der Waals surface area contributed by atoms with Crippen LogP contribution in [0.5, 0.6) is 0 Å². The molecule has 0 radical (unpaired) electrons. The third-order valence-corrected chi connectivity index (χ3v) is 5.62. The molecule has 5 aromatic rings. The van der Waals surface area contributed by atoms with E-state index in [1.165, 1.54) is 5.56 Å². The Morgan fingerprint density at radius 1 is 0.567 bits per heavy atom. The standard InChI is InChI=1S/C28H25NO/c1-28(2,3)20-13-15-22(16-14-20)29(21-9-5-4-6-10-21)23-17-18-27-25(19-23)24-11-7-8-12-26(24)30-27/h4-19H,1-3H3. The van der Waals surface area contributed by atoms with Crippen LogP contribution in [0.25, 0.3) is 21.9 Å². The van der Waals surface area contributed by atoms with Gasteiger partial charge in [-0.15, -0.1) is 0 Å². The number of fused-ring (bicyclic) bond motifs is 3. The summed E-state index contributed by atoms with van der Waals surface area (Å²) in [5.41, 5.74) is 6.68. The lowest BCUT2D eigenvalue weighted by Gasteiger charge is -2.27. The van der Waals surface area contributed by atoms with Gasteiger partial charge in [-0.25, -0.2) is 0 Å². The van der Waals surface area contributed by atoms with E-state index in [2.05, 4.69) is 111 Å². The highest BCUT2D eigenvalue weighted by atomic mass is 16.3. The molecule has 5 rings (SSSR count). The maximum atomic E-state index is 6.03. The smallest absolute Gasteiger partial charge is 0.135 e. The van der Waals surface area contributed by atoms with Gasteiger partial charge in [0.1, 0.15) is 11.2 Å². The van der Waals surface area contributed by atoms with Crippen LogP contribution in [0.2, 0.25) is 0 Å². The highest BCUT2D eigenvalue weighted by Crippen LogP contribution is 2.39. The van der Waals surface area contributed by atoms with Crippen molar-refractivity contribution in [1.82, 2.24) is 0 Å². The third-order valence-electron chi connectivity index (χ3n) is 5.62. The SMILES string of the molecule is CC(C)(C)c1ccc(N(c2ccccc2)c2ccc3oc4ccccc4c3c2)cc1. The van der Waals surface area contributed by atoms with Crippen LogP contribution in [0.3, 0.4) is 0 Å². The minimum atomic E-state index is 0.130. The van der Waals surface area contributed by atoms with Gasteiger partial charge in [0.15, 0.2) is 0 Å². The Labute approximate surface area is 177 Å². The second-order valence-corrected chi connectivity index (χ2v) is 8.75. The van der Waals surface area contributed by atoms with Crippen LogP contribution in [-0.2, 0) is 5.41 Å². The zero-order valence-electron chi connectivity index (χ0n) is 17.6. The molecule has 0 spiro atoms. The van der Waals surface area contributed by atoms with Crippen molar-refractivity contribution in [2.75, 3.05) is 4.90 Å². The number of hydrogen-bond donors (Lipinski definition) is 0. The summed E-state index contributed by atoms with van der Waals surface area (Å²) in [6.07, 6.45) is 0. The molecule has 1 aromatic heterocycles. The summed E-state index contributed by atoms with van der Waals surface area (Å²) in [6, 6.07) is 34.1. The van der Waals surface area contributed by atoms with Gasteiger partial charge in [-0.2, -0.15) is 0 Å². The molecule has 0 fully saturated rings. The molecule has 1 heterocycles. The Balaban J connectivity index is 1.68. The van der Waals surface area contributed by atoms with Gasteiger partial charge in [-0.1, -0.05) is 69.3 Å². The lowest BCUT2D eigenvalue weighted by Crippen LogP contribution is -2.13. The Bertz CT molecular complexity index is 1310. The van der Waals surface area contributed by atoms with Gasteiger partial charge >= 0.3 is 0 Å². The fraction of sp³-hybridized carbons (Fsp3) is 0.143. The molecule has 148 valence electrons. The Morgan fingerprint density at radius 3 is 1.90 bits per heavy atom. The molecule has 0 atom stereocenters. The van der Waals surface area contributed by atoms with Gasteiger partial charge in [-0.05, 0) is 59.5 Å². The fourth-order valence-electron chi connectivity index (χ4n) is 3.99. The largest absolute Gasteiger partial charge is 0.456 e. The Kier molecular flexibility index (Phi) is 4.36. The Morgan fingerprint density at radius 2 is 1.17 bits per heavy atom. The summed E-state index contributed by atoms with van der Waals surface area (Å²) < 4.78 is 6.03. The first-order chi connectivity index (χ1) is 14.5. The van der Waals surface area contributed by atoms with E-state index in [-0.39, 0.29) is 5.41 Å². The lowest BCUT2D eigenvalue weighted by atomic mass is 9.87. The predicted molar refractivity (Wildman–Crippen MR) is 127 cm³/mol. The number of rotatable bonds is 3. The molecular formula is C28H25NO. The summed E-state index contributed by atoms with van der Waals surface area (Å²) in [5, 5.41) is 2.28. The maximum Gasteiger partial charge on any atom is 0.135 e. The predicted octanol–water partition coefficient (Wildman–Crippen LogP) is 8.35. The van der Waals surface area contributed by atoms with Crippen molar-refractivity contribution in [3.63, 3.8) is 0 Å². The normalized spacial score (nSPS) is 11.8. The number of hydrogen-bond acceptors (Lipinski definition) is 2. The van der Waals surface area contributed by atoms with Crippen molar-refractivity contribution in [3.8, 4) is 0 Å². The van der Waals surface area contributed by atoms with Crippen LogP contribution in [0.4, 0.5) is 17.1 Å². The van der Waals surface area contributed by atoms with Crippen molar-refractivity contribution in [1.29, 1.82) is 0 Å². The lowest BCUT2D eigenvalue weighted by molar-refractivity contribution is 0.590. The molecule has 2 heteroatoms. The van der Waals surface area contributed by atoms with Crippen molar-refractivity contribution >= 4 is 39.0 Å². The molecule has 0 unspecified atom stereocenters. The van der Waals surface area contributed by atoms with E-state index in [0.29, 0.717) is 0 Å². The number of furan rings is 1. The van der Waals surface area contributed by atoms with Crippen LogP contribution in [0, 0.1) is 0 Å². The minimum absolute atomic E-state index is 0.130. The quantitative estimate of drug-likeness (QED) is 0.307. The third kappa shape index (κ3) is 3.25. The molecule has 2 nitrogen and oxygen atoms in total. The minimum Gasteiger partial charge on any atom is -0.456 e. The summed E-state index contributed by atoms with van der Waals surface area (Å²) >= 11 is 0. The number of anilines is 3. The number of nitrogens with zero attached hydrogens (tertiary/aromatic N) is 1. The molecule has 30 heavy (non-hydrogen) atoms. The second kappa shape index (κ2) is 7.07. The molecule has 0 N–H and O–H groups in total. The molecule has 0 amide bonds. The van der Waals surface area contributed by atoms with Crippen LogP contribution >= 0.6 is 0 Å². The van der Waals surface area contributed by atoms with Gasteiger partial charge in [0.2, 0.25) is 0 Å². The first kappa shape index (κ1) is 18.5. The van der Waals surface area contributed by atoms with Gasteiger partial charge < -0.3 is 9.32 Å². The highest BCUT2D eigenvalue weighted by Gasteiger charge is 2.17. The summed E-state index contributed by atoms with van der Waals surface area (Å²) in [5.74, 6) is 0. The first-order valence-corrected chi connectivity index (χ1v) is 10.4. The zero-order valence-corrected chi connectivity index (χ0v) is 17.6. The van der Waals surface area contributed by atoms with E-state index in [1.807, 2.05) is 12.1 Å². The van der Waals surface area contributed by atoms with Crippen LogP contribution in [0.15, 0.2) is 101 Å². The molecule has 0 aliphatic heterocycles. The van der Waals surface area contributed by atoms with Crippen LogP contribution < -0.4 is 4.90 Å². The topological polar surface area (TPSA) is 16.4 Å². The highest BCUT2D eigenvalue weighted by molar-refractivity contribution is 6.06. The van der Waals surface area contributed by atoms with E-state index in [9.17, 15) is 0 Å². The van der Waals surface area contributed by atoms with E-state index < -0.39 is 0 Å². The van der Waals surface area contributed by atoms with Gasteiger partial charge in [0, 0.05) is 27.8 Å². The number of benzene rings is 4. The van der Waals surface area contributed by atoms with Gasteiger partial charge in [-0.3, -0.25) is 0 Å². The number of para-hydroxylation sites is 2. The summed E-state index contributed by atoms with van der Waals surface area (Å²) in [7, 11) is 0. The van der Waals surface area contributed by atoms with Crippen LogP contribution in [0.1, 0.15) is 26.3 Å². The second-order valence-electron chi connectivity index (χ2n) is 8.75. The van der Waals surface area contributed by atoms with Crippen molar-refractivity contribution in [3.05, 3.63) is 103 Å². The van der Waals surface area contributed by atoms with E-state index in [4.69, 9.17) is 4.42 Å². The van der Waals surface area contributed by atoms with Crippen molar-refractivity contribution in [2.24, 2.45) is 0 Å². The average molecular weight is 392 g/mol. The Hall–Kier alpha value is -3.52. The molecular weight excluding hydrogens is 366 g/mol. The molecule has 4 aromatic carbocycles. The van der Waals surface area contributed by atoms with Crippen molar-refractivity contribution in [2.45, 2.75) is 26.2 Å². The van der Waals surface area contributed by atoms with Crippen molar-refractivity contribution < 1.29 is 4.42 Å². The molecule has 0 aliphatic carbocycles. The summed E-state index contributed by atoms with van der Waals surface area (Å²) in [6.45, 7) is 6.73. The maximum absolute atomic E-state index is 6.03. The van der Waals surface area contributed by atoms with E-state index >= 15 is 0 Å².